The van der Waals surface area contributed by atoms with Gasteiger partial charge in [-0.05, 0) is 75.6 Å². The topological polar surface area (TPSA) is 102 Å². The number of cyclic esters (lactones) is 2. The Morgan fingerprint density at radius 3 is 1.70 bits per heavy atom. The number of pyridine rings is 2. The summed E-state index contributed by atoms with van der Waals surface area (Å²) >= 11 is 3.28. The lowest BCUT2D eigenvalue weighted by molar-refractivity contribution is 0.129. The summed E-state index contributed by atoms with van der Waals surface area (Å²) in [5.41, 5.74) is 1.63. The van der Waals surface area contributed by atoms with Crippen LogP contribution in [-0.2, 0) is 9.47 Å². The highest BCUT2D eigenvalue weighted by molar-refractivity contribution is 9.10. The third kappa shape index (κ3) is 6.60. The molecule has 4 heterocycles. The number of nitrogens with zero attached hydrogens (tertiary/aromatic N) is 2. The number of ether oxygens (including phenoxy) is 2. The van der Waals surface area contributed by atoms with E-state index in [0.29, 0.717) is 21.2 Å². The van der Waals surface area contributed by atoms with Crippen LogP contribution in [0.1, 0.15) is 52.1 Å². The van der Waals surface area contributed by atoms with E-state index in [1.54, 1.807) is 18.3 Å². The average Bonchev–Trinajstić information content (AvgIpc) is 3.58. The monoisotopic (exact) mass is 654 g/mol. The van der Waals surface area contributed by atoms with Crippen molar-refractivity contribution < 1.29 is 36.6 Å². The number of nitrogens with one attached hydrogen (secondary N) is 2. The highest BCUT2D eigenvalue weighted by Gasteiger charge is 2.39. The minimum absolute atomic E-state index is 0.0154. The lowest BCUT2D eigenvalue weighted by Gasteiger charge is -2.18. The van der Waals surface area contributed by atoms with E-state index in [2.05, 4.69) is 42.5 Å². The molecule has 2 saturated heterocycles. The highest BCUT2D eigenvalue weighted by Crippen LogP contribution is 2.39. The van der Waals surface area contributed by atoms with E-state index in [1.165, 1.54) is 18.6 Å². The van der Waals surface area contributed by atoms with Gasteiger partial charge >= 0.3 is 12.2 Å². The summed E-state index contributed by atoms with van der Waals surface area (Å²) < 4.78 is 65.5. The second kappa shape index (κ2) is 12.5. The predicted molar refractivity (Wildman–Crippen MR) is 147 cm³/mol. The van der Waals surface area contributed by atoms with E-state index in [4.69, 9.17) is 15.9 Å². The number of hydrogen-bond donors (Lipinski definition) is 2. The van der Waals surface area contributed by atoms with Crippen LogP contribution in [0.3, 0.4) is 0 Å². The van der Waals surface area contributed by atoms with Gasteiger partial charge in [0.15, 0.2) is 12.2 Å². The van der Waals surface area contributed by atoms with E-state index in [-0.39, 0.29) is 11.1 Å². The molecule has 0 unspecified atom stereocenters. The molecule has 0 spiro atoms. The fourth-order valence-corrected chi connectivity index (χ4v) is 5.00. The highest BCUT2D eigenvalue weighted by atomic mass is 79.9. The van der Waals surface area contributed by atoms with Crippen LogP contribution in [-0.4, -0.2) is 22.2 Å². The Labute approximate surface area is 250 Å². The Morgan fingerprint density at radius 1 is 0.721 bits per heavy atom. The molecule has 2 aromatic carbocycles. The molecule has 0 aliphatic carbocycles. The quantitative estimate of drug-likeness (QED) is 0.192. The minimum atomic E-state index is -1.00. The molecule has 0 radical (unpaired) electrons. The number of benzene rings is 2. The number of aromatic nitrogens is 2. The first-order valence-electron chi connectivity index (χ1n) is 12.5. The first-order chi connectivity index (χ1) is 20.6. The maximum atomic E-state index is 13.9. The minimum Gasteiger partial charge on any atom is -0.439 e. The molecule has 13 heteroatoms. The van der Waals surface area contributed by atoms with E-state index in [9.17, 15) is 27.2 Å². The Hall–Kier alpha value is -4.96. The van der Waals surface area contributed by atoms with Gasteiger partial charge in [0.2, 0.25) is 0 Å². The van der Waals surface area contributed by atoms with Crippen molar-refractivity contribution in [2.75, 3.05) is 0 Å². The van der Waals surface area contributed by atoms with E-state index in [1.807, 2.05) is 0 Å². The Kier molecular flexibility index (Phi) is 8.58. The molecular weight excluding hydrogens is 636 g/mol. The van der Waals surface area contributed by atoms with Crippen LogP contribution in [0.5, 0.6) is 0 Å². The largest absolute Gasteiger partial charge is 0.439 e. The summed E-state index contributed by atoms with van der Waals surface area (Å²) in [5, 5.41) is 5.14. The predicted octanol–water partition coefficient (Wildman–Crippen LogP) is 6.51. The number of amides is 2. The molecule has 0 bridgehead atoms. The van der Waals surface area contributed by atoms with Gasteiger partial charge in [-0.15, -0.1) is 6.42 Å². The molecule has 2 amide bonds. The van der Waals surface area contributed by atoms with E-state index in [0.717, 1.165) is 36.4 Å². The van der Waals surface area contributed by atoms with Crippen molar-refractivity contribution in [3.8, 4) is 12.3 Å². The second-order valence-corrected chi connectivity index (χ2v) is 10.2. The standard InChI is InChI=1S/C16H10F2N2O2.C14H9BrF2N2O2/c1-2-9-5-10(8-19-7-9)14-15(22-16(21)20-14)12-6-11(17)3-4-13(12)18;15-8-3-7(5-18-6-8)12-13(21-14(20)19-12)10-4-9(16)1-2-11(10)17/h1,3-8,14-15H,(H,20,21);1-6,12-13H,(H,19,20)/t14-,15-;12-,13-/m11/s1. The zero-order valence-corrected chi connectivity index (χ0v) is 23.3. The Bertz CT molecular complexity index is 1750. The van der Waals surface area contributed by atoms with Crippen LogP contribution in [0.25, 0.3) is 0 Å². The number of rotatable bonds is 4. The van der Waals surface area contributed by atoms with Gasteiger partial charge in [0.05, 0.1) is 0 Å². The van der Waals surface area contributed by atoms with Gasteiger partial charge in [0.25, 0.3) is 0 Å². The molecule has 2 aliphatic rings. The van der Waals surface area contributed by atoms with Crippen molar-refractivity contribution in [2.24, 2.45) is 0 Å². The molecule has 4 atom stereocenters. The smallest absolute Gasteiger partial charge is 0.408 e. The summed E-state index contributed by atoms with van der Waals surface area (Å²) in [4.78, 5) is 31.0. The summed E-state index contributed by atoms with van der Waals surface area (Å²) in [7, 11) is 0. The summed E-state index contributed by atoms with van der Waals surface area (Å²) in [6.07, 6.45) is 8.05. The summed E-state index contributed by atoms with van der Waals surface area (Å²) in [6.45, 7) is 0. The SMILES string of the molecule is C#Cc1cncc([C@H]2NC(=O)O[C@@H]2c2cc(F)ccc2F)c1.O=C1N[C@H](c2cncc(Br)c2)[C@@H](c2cc(F)ccc2F)O1. The molecule has 0 saturated carbocycles. The van der Waals surface area contributed by atoms with E-state index >= 15 is 0 Å². The van der Waals surface area contributed by atoms with Crippen LogP contribution in [0.4, 0.5) is 27.2 Å². The van der Waals surface area contributed by atoms with Gasteiger partial charge in [-0.3, -0.25) is 9.97 Å². The third-order valence-electron chi connectivity index (χ3n) is 6.52. The fraction of sp³-hybridized carbons (Fsp3) is 0.133. The van der Waals surface area contributed by atoms with Crippen LogP contribution >= 0.6 is 15.9 Å². The van der Waals surface area contributed by atoms with Gasteiger partial charge in [-0.25, -0.2) is 27.2 Å². The lowest BCUT2D eigenvalue weighted by atomic mass is 9.96. The maximum absolute atomic E-state index is 13.9. The van der Waals surface area contributed by atoms with Crippen molar-refractivity contribution in [1.29, 1.82) is 0 Å². The molecule has 218 valence electrons. The first-order valence-corrected chi connectivity index (χ1v) is 13.3. The molecule has 2 N–H and O–H groups in total. The van der Waals surface area contributed by atoms with Crippen LogP contribution in [0.2, 0.25) is 0 Å². The Morgan fingerprint density at radius 2 is 1.21 bits per heavy atom. The van der Waals surface area contributed by atoms with Crippen molar-refractivity contribution in [3.05, 3.63) is 129 Å². The maximum Gasteiger partial charge on any atom is 0.408 e. The molecule has 4 aromatic rings. The summed E-state index contributed by atoms with van der Waals surface area (Å²) in [5.74, 6) is -0.0786. The van der Waals surface area contributed by atoms with Crippen LogP contribution in [0, 0.1) is 35.6 Å². The van der Waals surface area contributed by atoms with Gasteiger partial charge in [0, 0.05) is 46.0 Å². The van der Waals surface area contributed by atoms with Gasteiger partial charge < -0.3 is 20.1 Å². The third-order valence-corrected chi connectivity index (χ3v) is 6.95. The fourth-order valence-electron chi connectivity index (χ4n) is 4.61. The van der Waals surface area contributed by atoms with Crippen LogP contribution < -0.4 is 10.6 Å². The van der Waals surface area contributed by atoms with E-state index < -0.39 is 59.7 Å². The molecule has 2 fully saturated rings. The number of halogens is 5. The normalized spacial score (nSPS) is 20.6. The molecule has 6 rings (SSSR count). The van der Waals surface area contributed by atoms with Gasteiger partial charge in [0.1, 0.15) is 35.4 Å². The number of terminal acetylenes is 1. The molecule has 2 aromatic heterocycles. The second-order valence-electron chi connectivity index (χ2n) is 9.32. The molecular formula is C30H19BrF4N4O4. The van der Waals surface area contributed by atoms with Gasteiger partial charge in [-0.1, -0.05) is 5.92 Å². The zero-order chi connectivity index (χ0) is 30.7. The number of hydrogen-bond acceptors (Lipinski definition) is 6. The number of carbonyl (C=O) groups is 2. The zero-order valence-electron chi connectivity index (χ0n) is 21.7. The van der Waals surface area contributed by atoms with Crippen molar-refractivity contribution in [1.82, 2.24) is 20.6 Å². The molecule has 2 aliphatic heterocycles. The summed E-state index contributed by atoms with van der Waals surface area (Å²) in [6, 6.07) is 8.07. The first kappa shape index (κ1) is 29.5. The number of carbonyl (C=O) groups excluding carboxylic acids is 2. The van der Waals surface area contributed by atoms with Crippen molar-refractivity contribution in [2.45, 2.75) is 24.3 Å². The number of alkyl carbamates (subject to hydrolysis) is 2. The Balaban J connectivity index is 0.000000171. The molecule has 8 nitrogen and oxygen atoms in total. The lowest BCUT2D eigenvalue weighted by Crippen LogP contribution is -2.20. The van der Waals surface area contributed by atoms with Crippen molar-refractivity contribution in [3.63, 3.8) is 0 Å². The van der Waals surface area contributed by atoms with Crippen molar-refractivity contribution >= 4 is 28.1 Å². The molecule has 43 heavy (non-hydrogen) atoms. The average molecular weight is 655 g/mol. The van der Waals surface area contributed by atoms with Gasteiger partial charge in [-0.2, -0.15) is 0 Å². The van der Waals surface area contributed by atoms with Crippen LogP contribution in [0.15, 0.2) is 77.8 Å².